The topological polar surface area (TPSA) is 83.5 Å². The van der Waals surface area contributed by atoms with Crippen LogP contribution in [0.2, 0.25) is 10.0 Å². The number of carbonyl (C=O) groups is 3. The molecule has 3 aromatic rings. The molecule has 0 radical (unpaired) electrons. The first-order chi connectivity index (χ1) is 16.7. The number of fused-ring (bicyclic) bond motifs is 1. The van der Waals surface area contributed by atoms with Gasteiger partial charge in [-0.3, -0.25) is 14.4 Å². The first-order valence-electron chi connectivity index (χ1n) is 11.4. The van der Waals surface area contributed by atoms with Gasteiger partial charge in [0.2, 0.25) is 5.91 Å². The van der Waals surface area contributed by atoms with Crippen molar-refractivity contribution in [2.75, 3.05) is 5.32 Å². The van der Waals surface area contributed by atoms with Crippen LogP contribution in [0.5, 0.6) is 0 Å². The van der Waals surface area contributed by atoms with E-state index in [4.69, 9.17) is 23.2 Å². The molecule has 1 amide bonds. The van der Waals surface area contributed by atoms with Crippen LogP contribution in [0.4, 0.5) is 5.69 Å². The highest BCUT2D eigenvalue weighted by Crippen LogP contribution is 2.54. The number of Topliss-reactive ketones (excluding diaryl/α,β-unsaturated/α-hetero) is 2. The Morgan fingerprint density at radius 2 is 1.51 bits per heavy atom. The molecule has 0 aromatic heterocycles. The van der Waals surface area contributed by atoms with Crippen LogP contribution < -0.4 is 5.32 Å². The van der Waals surface area contributed by atoms with E-state index in [0.717, 1.165) is 0 Å². The van der Waals surface area contributed by atoms with Gasteiger partial charge < -0.3 is 10.4 Å². The van der Waals surface area contributed by atoms with Crippen molar-refractivity contribution in [1.82, 2.24) is 0 Å². The Bertz CT molecular complexity index is 1320. The van der Waals surface area contributed by atoms with Crippen LogP contribution in [0, 0.1) is 11.3 Å². The van der Waals surface area contributed by atoms with Gasteiger partial charge in [-0.25, -0.2) is 0 Å². The van der Waals surface area contributed by atoms with Crippen LogP contribution in [-0.4, -0.2) is 22.6 Å². The zero-order valence-corrected chi connectivity index (χ0v) is 20.3. The molecule has 0 saturated heterocycles. The molecule has 7 heteroatoms. The number of nitrogens with one attached hydrogen (secondary N) is 1. The number of aliphatic hydroxyl groups is 1. The van der Waals surface area contributed by atoms with E-state index in [2.05, 4.69) is 5.32 Å². The molecular weight excluding hydrogens is 485 g/mol. The van der Waals surface area contributed by atoms with E-state index < -0.39 is 16.9 Å². The van der Waals surface area contributed by atoms with Crippen molar-refractivity contribution in [1.29, 1.82) is 0 Å². The number of amides is 1. The van der Waals surface area contributed by atoms with Gasteiger partial charge in [0.1, 0.15) is 0 Å². The number of benzene rings is 3. The summed E-state index contributed by atoms with van der Waals surface area (Å²) in [4.78, 5) is 40.6. The molecule has 2 N–H and O–H groups in total. The third kappa shape index (κ3) is 4.18. The van der Waals surface area contributed by atoms with E-state index in [9.17, 15) is 19.5 Å². The molecule has 35 heavy (non-hydrogen) atoms. The zero-order chi connectivity index (χ0) is 24.8. The number of anilines is 1. The maximum Gasteiger partial charge on any atom is 0.225 e. The lowest BCUT2D eigenvalue weighted by Crippen LogP contribution is -2.51. The highest BCUT2D eigenvalue weighted by molar-refractivity contribution is 6.31. The Labute approximate surface area is 213 Å². The summed E-state index contributed by atoms with van der Waals surface area (Å²) in [6, 6.07) is 20.1. The molecule has 1 heterocycles. The molecular formula is C28H23Cl2NO4. The van der Waals surface area contributed by atoms with Gasteiger partial charge in [-0.15, -0.1) is 0 Å². The van der Waals surface area contributed by atoms with E-state index >= 15 is 0 Å². The van der Waals surface area contributed by atoms with Crippen LogP contribution >= 0.6 is 23.2 Å². The summed E-state index contributed by atoms with van der Waals surface area (Å²) in [6.07, 6.45) is 0.382. The molecule has 0 unspecified atom stereocenters. The van der Waals surface area contributed by atoms with Gasteiger partial charge in [0.25, 0.3) is 0 Å². The summed E-state index contributed by atoms with van der Waals surface area (Å²) in [7, 11) is 0. The van der Waals surface area contributed by atoms with Crippen LogP contribution in [0.15, 0.2) is 72.8 Å². The molecule has 1 aliphatic heterocycles. The molecule has 3 atom stereocenters. The SMILES string of the molecule is O=C1C[C@@]2(CC[C@](O)(c3ccc(Cl)cc3)[C@@H](C(=O)c3ccc(Cl)cc3)C2)C(=O)c2ccccc2N1. The molecule has 1 aliphatic carbocycles. The van der Waals surface area contributed by atoms with Crippen LogP contribution in [0.25, 0.3) is 0 Å². The van der Waals surface area contributed by atoms with E-state index in [1.54, 1.807) is 72.8 Å². The maximum absolute atomic E-state index is 13.9. The van der Waals surface area contributed by atoms with Crippen molar-refractivity contribution in [2.24, 2.45) is 11.3 Å². The van der Waals surface area contributed by atoms with E-state index in [1.807, 2.05) is 0 Å². The van der Waals surface area contributed by atoms with Crippen LogP contribution in [-0.2, 0) is 10.4 Å². The fourth-order valence-corrected chi connectivity index (χ4v) is 5.75. The Morgan fingerprint density at radius 1 is 0.886 bits per heavy atom. The second kappa shape index (κ2) is 8.90. The predicted molar refractivity (Wildman–Crippen MR) is 135 cm³/mol. The highest BCUT2D eigenvalue weighted by atomic mass is 35.5. The van der Waals surface area contributed by atoms with Gasteiger partial charge >= 0.3 is 0 Å². The Kier molecular flexibility index (Phi) is 6.04. The molecule has 5 rings (SSSR count). The first-order valence-corrected chi connectivity index (χ1v) is 12.2. The summed E-state index contributed by atoms with van der Waals surface area (Å²) in [5.41, 5.74) is -0.812. The molecule has 178 valence electrons. The lowest BCUT2D eigenvalue weighted by atomic mass is 9.57. The smallest absolute Gasteiger partial charge is 0.225 e. The number of rotatable bonds is 3. The Balaban J connectivity index is 1.61. The van der Waals surface area contributed by atoms with Crippen molar-refractivity contribution < 1.29 is 19.5 Å². The van der Waals surface area contributed by atoms with Crippen molar-refractivity contribution in [2.45, 2.75) is 31.3 Å². The normalized spacial score (nSPS) is 26.1. The van der Waals surface area contributed by atoms with Gasteiger partial charge in [0.15, 0.2) is 11.6 Å². The molecule has 1 fully saturated rings. The van der Waals surface area contributed by atoms with Crippen molar-refractivity contribution in [3.05, 3.63) is 99.5 Å². The molecule has 5 nitrogen and oxygen atoms in total. The van der Waals surface area contributed by atoms with Crippen molar-refractivity contribution >= 4 is 46.4 Å². The third-order valence-electron chi connectivity index (χ3n) is 7.37. The number of hydrogen-bond donors (Lipinski definition) is 2. The van der Waals surface area contributed by atoms with Gasteiger partial charge in [-0.1, -0.05) is 47.5 Å². The first kappa shape index (κ1) is 23.7. The Hall–Kier alpha value is -2.99. The minimum atomic E-state index is -1.53. The second-order valence-electron chi connectivity index (χ2n) is 9.44. The summed E-state index contributed by atoms with van der Waals surface area (Å²) in [5, 5.41) is 15.8. The summed E-state index contributed by atoms with van der Waals surface area (Å²) < 4.78 is 0. The summed E-state index contributed by atoms with van der Waals surface area (Å²) >= 11 is 12.1. The number of halogens is 2. The highest BCUT2D eigenvalue weighted by Gasteiger charge is 2.56. The minimum absolute atomic E-state index is 0.0359. The fraction of sp³-hybridized carbons (Fsp3) is 0.250. The predicted octanol–water partition coefficient (Wildman–Crippen LogP) is 6.08. The lowest BCUT2D eigenvalue weighted by Gasteiger charge is -2.47. The van der Waals surface area contributed by atoms with Crippen molar-refractivity contribution in [3.63, 3.8) is 0 Å². The van der Waals surface area contributed by atoms with Gasteiger partial charge in [-0.05, 0) is 73.4 Å². The largest absolute Gasteiger partial charge is 0.384 e. The molecule has 1 saturated carbocycles. The molecule has 0 bridgehead atoms. The number of carbonyl (C=O) groups excluding carboxylic acids is 3. The maximum atomic E-state index is 13.9. The van der Waals surface area contributed by atoms with Gasteiger partial charge in [0.05, 0.1) is 17.2 Å². The Morgan fingerprint density at radius 3 is 2.20 bits per heavy atom. The van der Waals surface area contributed by atoms with Crippen molar-refractivity contribution in [3.8, 4) is 0 Å². The average molecular weight is 508 g/mol. The third-order valence-corrected chi connectivity index (χ3v) is 7.88. The fourth-order valence-electron chi connectivity index (χ4n) is 5.50. The number of para-hydroxylation sites is 1. The summed E-state index contributed by atoms with van der Waals surface area (Å²) in [6.45, 7) is 0. The average Bonchev–Trinajstić information content (AvgIpc) is 2.95. The summed E-state index contributed by atoms with van der Waals surface area (Å²) in [5.74, 6) is -1.72. The quantitative estimate of drug-likeness (QED) is 0.421. The van der Waals surface area contributed by atoms with Gasteiger partial charge in [-0.2, -0.15) is 0 Å². The standard InChI is InChI=1S/C28H23Cl2NO4/c29-19-9-5-17(6-10-19)25(33)22-15-27(13-14-28(22,35)18-7-11-20(30)12-8-18)16-24(32)31-23-4-2-1-3-21(23)26(27)34/h1-12,22,35H,13-16H2,(H,31,32)/t22-,27+,28+/m1/s1. The molecule has 1 spiro atoms. The van der Waals surface area contributed by atoms with Crippen LogP contribution in [0.1, 0.15) is 52.0 Å². The molecule has 2 aliphatic rings. The minimum Gasteiger partial charge on any atom is -0.384 e. The van der Waals surface area contributed by atoms with Crippen LogP contribution in [0.3, 0.4) is 0 Å². The zero-order valence-electron chi connectivity index (χ0n) is 18.8. The second-order valence-corrected chi connectivity index (χ2v) is 10.3. The van der Waals surface area contributed by atoms with E-state index in [0.29, 0.717) is 32.4 Å². The monoisotopic (exact) mass is 507 g/mol. The number of ketones is 2. The number of hydrogen-bond acceptors (Lipinski definition) is 4. The van der Waals surface area contributed by atoms with E-state index in [-0.39, 0.29) is 43.2 Å². The van der Waals surface area contributed by atoms with Gasteiger partial charge in [0, 0.05) is 33.0 Å². The lowest BCUT2D eigenvalue weighted by molar-refractivity contribution is -0.120. The molecule has 3 aromatic carbocycles. The van der Waals surface area contributed by atoms with E-state index in [1.165, 1.54) is 0 Å².